The van der Waals surface area contributed by atoms with Crippen molar-refractivity contribution >= 4 is 17.8 Å². The Bertz CT molecular complexity index is 515. The Morgan fingerprint density at radius 3 is 2.48 bits per heavy atom. The van der Waals surface area contributed by atoms with Crippen LogP contribution in [0, 0.1) is 11.8 Å². The highest BCUT2D eigenvalue weighted by Gasteiger charge is 2.27. The molecule has 0 aromatic heterocycles. The molecule has 0 aliphatic carbocycles. The van der Waals surface area contributed by atoms with Gasteiger partial charge in [0.05, 0.1) is 19.1 Å². The number of hydrogen-bond acceptors (Lipinski definition) is 4. The molecule has 0 radical (unpaired) electrons. The number of rotatable bonds is 6. The molecule has 2 rings (SSSR count). The van der Waals surface area contributed by atoms with Crippen molar-refractivity contribution in [2.75, 3.05) is 45.9 Å². The maximum atomic E-state index is 12.4. The minimum absolute atomic E-state index is 0.00764. The van der Waals surface area contributed by atoms with Crippen LogP contribution in [0.15, 0.2) is 4.99 Å². The van der Waals surface area contributed by atoms with Gasteiger partial charge in [0.25, 0.3) is 0 Å². The zero-order chi connectivity index (χ0) is 19.6. The number of likely N-dealkylation sites (tertiary alicyclic amines) is 2. The molecule has 154 valence electrons. The molecule has 1 atom stereocenters. The molecule has 7 heteroatoms. The van der Waals surface area contributed by atoms with E-state index in [1.54, 1.807) is 0 Å². The van der Waals surface area contributed by atoms with Crippen LogP contribution in [0.5, 0.6) is 0 Å². The van der Waals surface area contributed by atoms with Gasteiger partial charge in [0, 0.05) is 39.1 Å². The average molecular weight is 381 g/mol. The normalized spacial score (nSPS) is 21.9. The highest BCUT2D eigenvalue weighted by Crippen LogP contribution is 2.19. The molecule has 1 N–H and O–H groups in total. The first-order chi connectivity index (χ1) is 13.0. The molecule has 0 spiro atoms. The first-order valence-electron chi connectivity index (χ1n) is 10.5. The van der Waals surface area contributed by atoms with E-state index in [1.165, 1.54) is 6.42 Å². The van der Waals surface area contributed by atoms with Crippen molar-refractivity contribution in [2.45, 2.75) is 52.9 Å². The van der Waals surface area contributed by atoms with Crippen LogP contribution in [-0.4, -0.2) is 73.5 Å². The van der Waals surface area contributed by atoms with Gasteiger partial charge in [0.1, 0.15) is 0 Å². The van der Waals surface area contributed by atoms with Crippen LogP contribution in [0.2, 0.25) is 0 Å². The van der Waals surface area contributed by atoms with Crippen LogP contribution in [-0.2, 0) is 14.3 Å². The lowest BCUT2D eigenvalue weighted by Gasteiger charge is -2.33. The maximum absolute atomic E-state index is 12.4. The fraction of sp³-hybridized carbons (Fsp3) is 0.850. The topological polar surface area (TPSA) is 74.2 Å². The summed E-state index contributed by atoms with van der Waals surface area (Å²) in [5.74, 6) is 1.57. The first-order valence-corrected chi connectivity index (χ1v) is 10.5. The Kier molecular flexibility index (Phi) is 8.88. The molecule has 2 heterocycles. The second-order valence-corrected chi connectivity index (χ2v) is 7.59. The minimum atomic E-state index is -0.0829. The number of carbonyl (C=O) groups is 2. The summed E-state index contributed by atoms with van der Waals surface area (Å²) in [6.45, 7) is 11.2. The van der Waals surface area contributed by atoms with Gasteiger partial charge in [-0.05, 0) is 45.4 Å². The summed E-state index contributed by atoms with van der Waals surface area (Å²) in [6.07, 6.45) is 4.35. The van der Waals surface area contributed by atoms with E-state index in [1.807, 2.05) is 18.7 Å². The molecule has 0 aromatic carbocycles. The van der Waals surface area contributed by atoms with Crippen molar-refractivity contribution in [3.63, 3.8) is 0 Å². The number of aliphatic imine (C=N–C) groups is 1. The number of amides is 1. The number of piperidine rings is 2. The van der Waals surface area contributed by atoms with E-state index in [0.29, 0.717) is 25.5 Å². The minimum Gasteiger partial charge on any atom is -0.466 e. The molecule has 2 aliphatic heterocycles. The lowest BCUT2D eigenvalue weighted by atomic mass is 9.97. The Hall–Kier alpha value is -1.79. The number of carbonyl (C=O) groups excluding carboxylic acids is 2. The lowest BCUT2D eigenvalue weighted by molar-refractivity contribution is -0.149. The third-order valence-electron chi connectivity index (χ3n) is 5.35. The Morgan fingerprint density at radius 2 is 1.85 bits per heavy atom. The smallest absolute Gasteiger partial charge is 0.309 e. The van der Waals surface area contributed by atoms with Crippen molar-refractivity contribution < 1.29 is 14.3 Å². The Labute approximate surface area is 163 Å². The van der Waals surface area contributed by atoms with Crippen molar-refractivity contribution in [1.82, 2.24) is 15.1 Å². The predicted molar refractivity (Wildman–Crippen MR) is 107 cm³/mol. The van der Waals surface area contributed by atoms with Crippen LogP contribution < -0.4 is 5.32 Å². The van der Waals surface area contributed by atoms with Gasteiger partial charge in [0.15, 0.2) is 5.96 Å². The third-order valence-corrected chi connectivity index (χ3v) is 5.35. The van der Waals surface area contributed by atoms with Crippen molar-refractivity contribution in [3.8, 4) is 0 Å². The van der Waals surface area contributed by atoms with Gasteiger partial charge >= 0.3 is 5.97 Å². The average Bonchev–Trinajstić information content (AvgIpc) is 2.67. The zero-order valence-corrected chi connectivity index (χ0v) is 17.2. The van der Waals surface area contributed by atoms with E-state index in [0.717, 1.165) is 57.9 Å². The van der Waals surface area contributed by atoms with Gasteiger partial charge in [0.2, 0.25) is 5.91 Å². The van der Waals surface area contributed by atoms with E-state index in [2.05, 4.69) is 22.1 Å². The van der Waals surface area contributed by atoms with Crippen molar-refractivity contribution in [1.29, 1.82) is 0 Å². The summed E-state index contributed by atoms with van der Waals surface area (Å²) in [6, 6.07) is 0. The Balaban J connectivity index is 1.82. The van der Waals surface area contributed by atoms with Gasteiger partial charge < -0.3 is 19.9 Å². The van der Waals surface area contributed by atoms with E-state index in [-0.39, 0.29) is 17.8 Å². The van der Waals surface area contributed by atoms with E-state index >= 15 is 0 Å². The highest BCUT2D eigenvalue weighted by atomic mass is 16.5. The molecular formula is C20H36N4O3. The number of guanidine groups is 1. The van der Waals surface area contributed by atoms with Crippen molar-refractivity contribution in [2.24, 2.45) is 16.8 Å². The number of hydrogen-bond donors (Lipinski definition) is 1. The molecule has 27 heavy (non-hydrogen) atoms. The van der Waals surface area contributed by atoms with E-state index in [4.69, 9.17) is 4.74 Å². The fourth-order valence-electron chi connectivity index (χ4n) is 3.84. The summed E-state index contributed by atoms with van der Waals surface area (Å²) in [4.78, 5) is 33.1. The van der Waals surface area contributed by atoms with Gasteiger partial charge in [-0.3, -0.25) is 14.6 Å². The predicted octanol–water partition coefficient (Wildman–Crippen LogP) is 1.88. The van der Waals surface area contributed by atoms with Crippen molar-refractivity contribution in [3.05, 3.63) is 0 Å². The summed E-state index contributed by atoms with van der Waals surface area (Å²) in [7, 11) is 0. The van der Waals surface area contributed by atoms with Crippen LogP contribution in [0.3, 0.4) is 0 Å². The lowest BCUT2D eigenvalue weighted by Crippen LogP contribution is -2.47. The molecule has 1 unspecified atom stereocenters. The van der Waals surface area contributed by atoms with Gasteiger partial charge in [-0.2, -0.15) is 0 Å². The second-order valence-electron chi connectivity index (χ2n) is 7.59. The highest BCUT2D eigenvalue weighted by molar-refractivity contribution is 5.81. The molecule has 0 aromatic rings. The van der Waals surface area contributed by atoms with Gasteiger partial charge in [-0.25, -0.2) is 0 Å². The molecule has 2 aliphatic rings. The molecule has 7 nitrogen and oxygen atoms in total. The standard InChI is InChI=1S/C20H36N4O3/c1-4-21-20(23-13-9-17(10-14-23)19(26)27-5-2)22-11-8-18(25)24-12-6-7-16(3)15-24/h16-17H,4-15H2,1-3H3,(H,21,22). The summed E-state index contributed by atoms with van der Waals surface area (Å²) in [5, 5.41) is 3.32. The van der Waals surface area contributed by atoms with Crippen LogP contribution >= 0.6 is 0 Å². The zero-order valence-electron chi connectivity index (χ0n) is 17.2. The summed E-state index contributed by atoms with van der Waals surface area (Å²) < 4.78 is 5.14. The van der Waals surface area contributed by atoms with Crippen LogP contribution in [0.4, 0.5) is 0 Å². The first kappa shape index (κ1) is 21.5. The number of nitrogens with zero attached hydrogens (tertiary/aromatic N) is 3. The SMILES string of the molecule is CCNC(=NCCC(=O)N1CCCC(C)C1)N1CCC(C(=O)OCC)CC1. The third kappa shape index (κ3) is 6.70. The molecule has 0 saturated carbocycles. The maximum Gasteiger partial charge on any atom is 0.309 e. The molecular weight excluding hydrogens is 344 g/mol. The summed E-state index contributed by atoms with van der Waals surface area (Å²) in [5.41, 5.74) is 0. The van der Waals surface area contributed by atoms with Crippen LogP contribution in [0.25, 0.3) is 0 Å². The molecule has 0 bridgehead atoms. The monoisotopic (exact) mass is 380 g/mol. The Morgan fingerprint density at radius 1 is 1.11 bits per heavy atom. The largest absolute Gasteiger partial charge is 0.466 e. The number of nitrogens with one attached hydrogen (secondary N) is 1. The van der Waals surface area contributed by atoms with Gasteiger partial charge in [-0.1, -0.05) is 6.92 Å². The molecule has 2 fully saturated rings. The molecule has 2 saturated heterocycles. The molecule has 1 amide bonds. The van der Waals surface area contributed by atoms with E-state index < -0.39 is 0 Å². The second kappa shape index (κ2) is 11.1. The van der Waals surface area contributed by atoms with E-state index in [9.17, 15) is 9.59 Å². The fourth-order valence-corrected chi connectivity index (χ4v) is 3.84. The number of esters is 1. The summed E-state index contributed by atoms with van der Waals surface area (Å²) >= 11 is 0. The van der Waals surface area contributed by atoms with Gasteiger partial charge in [-0.15, -0.1) is 0 Å². The number of ether oxygens (including phenoxy) is 1. The van der Waals surface area contributed by atoms with Crippen LogP contribution in [0.1, 0.15) is 52.9 Å². The quantitative estimate of drug-likeness (QED) is 0.433.